The van der Waals surface area contributed by atoms with Gasteiger partial charge in [0.1, 0.15) is 0 Å². The van der Waals surface area contributed by atoms with Crippen molar-refractivity contribution >= 4 is 23.6 Å². The molecular weight excluding hydrogens is 336 g/mol. The molecule has 8 nitrogen and oxygen atoms in total. The van der Waals surface area contributed by atoms with Gasteiger partial charge in [0.2, 0.25) is 11.8 Å². The van der Waals surface area contributed by atoms with Crippen LogP contribution in [-0.2, 0) is 19.2 Å². The molecule has 1 aliphatic heterocycles. The van der Waals surface area contributed by atoms with Crippen LogP contribution in [0.4, 0.5) is 0 Å². The van der Waals surface area contributed by atoms with Crippen molar-refractivity contribution in [1.29, 1.82) is 0 Å². The lowest BCUT2D eigenvalue weighted by atomic mass is 9.85. The highest BCUT2D eigenvalue weighted by Crippen LogP contribution is 2.35. The average molecular weight is 356 g/mol. The Kier molecular flexibility index (Phi) is 5.40. The molecule has 2 amide bonds. The highest BCUT2D eigenvalue weighted by Gasteiger charge is 2.46. The van der Waals surface area contributed by atoms with Gasteiger partial charge in [-0.05, 0) is 31.4 Å². The number of amides is 2. The molecule has 3 rings (SSSR count). The van der Waals surface area contributed by atoms with E-state index in [1.54, 1.807) is 18.3 Å². The summed E-state index contributed by atoms with van der Waals surface area (Å²) in [7, 11) is 0. The molecule has 1 aliphatic carbocycles. The van der Waals surface area contributed by atoms with Crippen molar-refractivity contribution in [3.8, 4) is 0 Å². The Balaban J connectivity index is 1.45. The Labute approximate surface area is 150 Å². The number of amidine groups is 1. The molecule has 8 heteroatoms. The second kappa shape index (κ2) is 7.90. The maximum Gasteiger partial charge on any atom is 0.335 e. The minimum atomic E-state index is -0.574. The number of likely N-dealkylation sites (tertiary alicyclic amines) is 1. The molecule has 2 aliphatic rings. The van der Waals surface area contributed by atoms with Gasteiger partial charge in [-0.25, -0.2) is 4.79 Å². The van der Waals surface area contributed by atoms with Crippen molar-refractivity contribution < 1.29 is 19.2 Å². The van der Waals surface area contributed by atoms with Crippen molar-refractivity contribution in [2.45, 2.75) is 25.7 Å². The highest BCUT2D eigenvalue weighted by atomic mass is 16.7. The quantitative estimate of drug-likeness (QED) is 0.203. The molecule has 0 aromatic carbocycles. The fourth-order valence-corrected chi connectivity index (χ4v) is 3.18. The van der Waals surface area contributed by atoms with Crippen LogP contribution in [0.1, 0.15) is 31.2 Å². The third-order valence-corrected chi connectivity index (χ3v) is 4.56. The van der Waals surface area contributed by atoms with Crippen molar-refractivity contribution in [2.75, 3.05) is 6.54 Å². The van der Waals surface area contributed by atoms with Gasteiger partial charge in [0.05, 0.1) is 11.8 Å². The maximum absolute atomic E-state index is 12.3. The summed E-state index contributed by atoms with van der Waals surface area (Å²) in [5.41, 5.74) is 6.25. The van der Waals surface area contributed by atoms with E-state index in [0.717, 1.165) is 0 Å². The van der Waals surface area contributed by atoms with E-state index in [1.165, 1.54) is 11.1 Å². The zero-order chi connectivity index (χ0) is 18.5. The normalized spacial score (nSPS) is 22.5. The SMILES string of the molecule is N/C(=N\OC(=O)CCCN1C(=O)[C@@H]2CC=CC[C@H]2C1=O)c1cccnc1. The first-order chi connectivity index (χ1) is 12.6. The molecule has 2 atom stereocenters. The second-order valence-corrected chi connectivity index (χ2v) is 6.27. The van der Waals surface area contributed by atoms with Gasteiger partial charge in [-0.2, -0.15) is 0 Å². The van der Waals surface area contributed by atoms with E-state index in [4.69, 9.17) is 10.6 Å². The van der Waals surface area contributed by atoms with Gasteiger partial charge in [-0.3, -0.25) is 19.5 Å². The highest BCUT2D eigenvalue weighted by molar-refractivity contribution is 6.05. The molecule has 2 heterocycles. The predicted molar refractivity (Wildman–Crippen MR) is 92.4 cm³/mol. The van der Waals surface area contributed by atoms with E-state index >= 15 is 0 Å². The average Bonchev–Trinajstić information content (AvgIpc) is 2.92. The number of nitrogens with two attached hydrogens (primary N) is 1. The standard InChI is InChI=1S/C18H20N4O4/c19-16(12-5-3-9-20-11-12)21-26-15(23)8-4-10-22-17(24)13-6-1-2-7-14(13)18(22)25/h1-3,5,9,11,13-14H,4,6-8,10H2,(H2,19,21)/t13-,14-/m1/s1. The van der Waals surface area contributed by atoms with E-state index in [9.17, 15) is 14.4 Å². The summed E-state index contributed by atoms with van der Waals surface area (Å²) in [6.07, 6.45) is 8.56. The molecule has 0 unspecified atom stereocenters. The lowest BCUT2D eigenvalue weighted by Gasteiger charge is -2.14. The minimum Gasteiger partial charge on any atom is -0.380 e. The number of hydrogen-bond acceptors (Lipinski definition) is 6. The Hall–Kier alpha value is -3.03. The number of hydrogen-bond donors (Lipinski definition) is 1. The van der Waals surface area contributed by atoms with Gasteiger partial charge in [-0.15, -0.1) is 0 Å². The first-order valence-corrected chi connectivity index (χ1v) is 8.52. The molecule has 1 saturated heterocycles. The topological polar surface area (TPSA) is 115 Å². The number of carbonyl (C=O) groups excluding carboxylic acids is 3. The van der Waals surface area contributed by atoms with Gasteiger partial charge in [-0.1, -0.05) is 17.3 Å². The van der Waals surface area contributed by atoms with Crippen molar-refractivity contribution in [3.05, 3.63) is 42.2 Å². The van der Waals surface area contributed by atoms with E-state index in [-0.39, 0.29) is 42.5 Å². The summed E-state index contributed by atoms with van der Waals surface area (Å²) in [6.45, 7) is 0.210. The molecular formula is C18H20N4O4. The number of oxime groups is 1. The summed E-state index contributed by atoms with van der Waals surface area (Å²) >= 11 is 0. The van der Waals surface area contributed by atoms with Gasteiger partial charge in [0.25, 0.3) is 0 Å². The molecule has 1 aromatic rings. The van der Waals surface area contributed by atoms with E-state index < -0.39 is 5.97 Å². The Morgan fingerprint density at radius 2 is 1.96 bits per heavy atom. The molecule has 0 saturated carbocycles. The number of aromatic nitrogens is 1. The van der Waals surface area contributed by atoms with Crippen LogP contribution in [0.15, 0.2) is 41.8 Å². The molecule has 26 heavy (non-hydrogen) atoms. The van der Waals surface area contributed by atoms with E-state index in [0.29, 0.717) is 24.8 Å². The third-order valence-electron chi connectivity index (χ3n) is 4.56. The third kappa shape index (κ3) is 3.79. The summed E-state index contributed by atoms with van der Waals surface area (Å²) in [6, 6.07) is 3.38. The number of nitrogens with zero attached hydrogens (tertiary/aromatic N) is 3. The lowest BCUT2D eigenvalue weighted by Crippen LogP contribution is -2.32. The summed E-state index contributed by atoms with van der Waals surface area (Å²) in [5, 5.41) is 3.58. The fraction of sp³-hybridized carbons (Fsp3) is 0.389. The van der Waals surface area contributed by atoms with Crippen LogP contribution < -0.4 is 5.73 Å². The summed E-state index contributed by atoms with van der Waals surface area (Å²) in [5.74, 6) is -1.30. The number of allylic oxidation sites excluding steroid dienone is 2. The molecule has 0 bridgehead atoms. The first kappa shape index (κ1) is 17.8. The molecule has 2 N–H and O–H groups in total. The minimum absolute atomic E-state index is 0.0362. The monoisotopic (exact) mass is 356 g/mol. The lowest BCUT2D eigenvalue weighted by molar-refractivity contribution is -0.145. The van der Waals surface area contributed by atoms with E-state index in [1.807, 2.05) is 12.2 Å². The van der Waals surface area contributed by atoms with Crippen molar-refractivity contribution in [2.24, 2.45) is 22.7 Å². The van der Waals surface area contributed by atoms with Gasteiger partial charge in [0, 0.05) is 30.9 Å². The van der Waals surface area contributed by atoms with Gasteiger partial charge >= 0.3 is 5.97 Å². The maximum atomic E-state index is 12.3. The zero-order valence-electron chi connectivity index (χ0n) is 14.2. The molecule has 0 spiro atoms. The van der Waals surface area contributed by atoms with Gasteiger partial charge in [0.15, 0.2) is 5.84 Å². The summed E-state index contributed by atoms with van der Waals surface area (Å²) in [4.78, 5) is 46.3. The Morgan fingerprint density at radius 3 is 2.58 bits per heavy atom. The number of pyridine rings is 1. The van der Waals surface area contributed by atoms with Crippen LogP contribution in [0.5, 0.6) is 0 Å². The zero-order valence-corrected chi connectivity index (χ0v) is 14.2. The fourth-order valence-electron chi connectivity index (χ4n) is 3.18. The summed E-state index contributed by atoms with van der Waals surface area (Å²) < 4.78 is 0. The number of carbonyl (C=O) groups is 3. The van der Waals surface area contributed by atoms with Gasteiger partial charge < -0.3 is 10.6 Å². The first-order valence-electron chi connectivity index (χ1n) is 8.52. The van der Waals surface area contributed by atoms with Crippen LogP contribution in [0.2, 0.25) is 0 Å². The van der Waals surface area contributed by atoms with Crippen LogP contribution in [0.3, 0.4) is 0 Å². The smallest absolute Gasteiger partial charge is 0.335 e. The van der Waals surface area contributed by atoms with Crippen LogP contribution in [0.25, 0.3) is 0 Å². The van der Waals surface area contributed by atoms with Crippen molar-refractivity contribution in [3.63, 3.8) is 0 Å². The van der Waals surface area contributed by atoms with Crippen molar-refractivity contribution in [1.82, 2.24) is 9.88 Å². The molecule has 0 radical (unpaired) electrons. The molecule has 1 aromatic heterocycles. The second-order valence-electron chi connectivity index (χ2n) is 6.27. The largest absolute Gasteiger partial charge is 0.380 e. The Morgan fingerprint density at radius 1 is 1.27 bits per heavy atom. The van der Waals surface area contributed by atoms with Crippen LogP contribution in [-0.4, -0.2) is 40.0 Å². The van der Waals surface area contributed by atoms with Crippen LogP contribution >= 0.6 is 0 Å². The molecule has 136 valence electrons. The number of fused-ring (bicyclic) bond motifs is 1. The molecule has 1 fully saturated rings. The Bertz CT molecular complexity index is 734. The number of imide groups is 1. The van der Waals surface area contributed by atoms with E-state index in [2.05, 4.69) is 10.1 Å². The predicted octanol–water partition coefficient (Wildman–Crippen LogP) is 0.976. The number of rotatable bonds is 6. The van der Waals surface area contributed by atoms with Crippen LogP contribution in [0, 0.1) is 11.8 Å².